The Labute approximate surface area is 162 Å². The van der Waals surface area contributed by atoms with Crippen LogP contribution in [0.2, 0.25) is 0 Å². The lowest BCUT2D eigenvalue weighted by molar-refractivity contribution is 0.0393. The maximum absolute atomic E-state index is 10.7. The maximum atomic E-state index is 10.7. The number of para-hydroxylation sites is 2. The quantitative estimate of drug-likeness (QED) is 0.547. The van der Waals surface area contributed by atoms with Crippen LogP contribution in [0.1, 0.15) is 11.1 Å². The number of piperazine rings is 1. The molecule has 4 nitrogen and oxygen atoms in total. The number of nitrogen functional groups attached to an aromatic ring is 1. The number of aliphatic hydroxyl groups excluding tert-OH is 1. The number of hydrogen-bond acceptors (Lipinski definition) is 4. The van der Waals surface area contributed by atoms with Crippen LogP contribution < -0.4 is 10.6 Å². The molecule has 1 aliphatic heterocycles. The van der Waals surface area contributed by atoms with E-state index in [0.717, 1.165) is 50.4 Å². The van der Waals surface area contributed by atoms with E-state index in [2.05, 4.69) is 56.7 Å². The van der Waals surface area contributed by atoms with Gasteiger partial charge in [-0.25, -0.2) is 0 Å². The van der Waals surface area contributed by atoms with E-state index in [0.29, 0.717) is 0 Å². The molecule has 3 N–H and O–H groups in total. The van der Waals surface area contributed by atoms with Gasteiger partial charge >= 0.3 is 0 Å². The van der Waals surface area contributed by atoms with Crippen molar-refractivity contribution in [3.63, 3.8) is 0 Å². The summed E-state index contributed by atoms with van der Waals surface area (Å²) in [5.41, 5.74) is 10.8. The molecule has 2 aliphatic rings. The highest BCUT2D eigenvalue weighted by atomic mass is 127. The molecular formula is C20H24IN3O. The van der Waals surface area contributed by atoms with Gasteiger partial charge in [0.2, 0.25) is 0 Å². The van der Waals surface area contributed by atoms with Crippen LogP contribution in [0.4, 0.5) is 11.4 Å². The third-order valence-electron chi connectivity index (χ3n) is 5.56. The SMILES string of the molecule is Nc1ccccc1N1CCN([C@H]2Cc3cccc(I)c3C[C@@H]2O)CC1. The Hall–Kier alpha value is -1.31. The molecule has 4 rings (SSSR count). The van der Waals surface area contributed by atoms with Gasteiger partial charge in [0.1, 0.15) is 0 Å². The normalized spacial score (nSPS) is 24.2. The zero-order valence-corrected chi connectivity index (χ0v) is 16.4. The van der Waals surface area contributed by atoms with E-state index in [1.54, 1.807) is 0 Å². The molecule has 25 heavy (non-hydrogen) atoms. The molecule has 5 heteroatoms. The maximum Gasteiger partial charge on any atom is 0.0739 e. The summed E-state index contributed by atoms with van der Waals surface area (Å²) in [6, 6.07) is 14.8. The smallest absolute Gasteiger partial charge is 0.0739 e. The highest BCUT2D eigenvalue weighted by molar-refractivity contribution is 14.1. The average molecular weight is 449 g/mol. The average Bonchev–Trinajstić information content (AvgIpc) is 2.63. The predicted molar refractivity (Wildman–Crippen MR) is 111 cm³/mol. The monoisotopic (exact) mass is 449 g/mol. The van der Waals surface area contributed by atoms with Crippen molar-refractivity contribution in [1.82, 2.24) is 4.90 Å². The minimum Gasteiger partial charge on any atom is -0.397 e. The third kappa shape index (κ3) is 3.37. The molecule has 1 saturated heterocycles. The van der Waals surface area contributed by atoms with Gasteiger partial charge in [0.05, 0.1) is 17.5 Å². The lowest BCUT2D eigenvalue weighted by atomic mass is 9.85. The van der Waals surface area contributed by atoms with Crippen molar-refractivity contribution < 1.29 is 5.11 Å². The van der Waals surface area contributed by atoms with Crippen molar-refractivity contribution in [2.45, 2.75) is 25.0 Å². The van der Waals surface area contributed by atoms with Crippen molar-refractivity contribution in [2.24, 2.45) is 0 Å². The van der Waals surface area contributed by atoms with Gasteiger partial charge in [0.25, 0.3) is 0 Å². The molecule has 0 unspecified atom stereocenters. The van der Waals surface area contributed by atoms with Crippen molar-refractivity contribution in [2.75, 3.05) is 36.8 Å². The van der Waals surface area contributed by atoms with Crippen LogP contribution in [-0.2, 0) is 12.8 Å². The topological polar surface area (TPSA) is 52.7 Å². The van der Waals surface area contributed by atoms with Crippen molar-refractivity contribution in [3.05, 3.63) is 57.2 Å². The van der Waals surface area contributed by atoms with Crippen molar-refractivity contribution >= 4 is 34.0 Å². The van der Waals surface area contributed by atoms with Gasteiger partial charge in [0, 0.05) is 42.2 Å². The Morgan fingerprint density at radius 1 is 0.960 bits per heavy atom. The van der Waals surface area contributed by atoms with Gasteiger partial charge in [-0.1, -0.05) is 24.3 Å². The van der Waals surface area contributed by atoms with Crippen LogP contribution in [0, 0.1) is 3.57 Å². The highest BCUT2D eigenvalue weighted by Crippen LogP contribution is 2.30. The summed E-state index contributed by atoms with van der Waals surface area (Å²) in [5.74, 6) is 0. The number of hydrogen-bond donors (Lipinski definition) is 2. The largest absolute Gasteiger partial charge is 0.397 e. The molecule has 132 valence electrons. The number of halogens is 1. The molecule has 0 spiro atoms. The van der Waals surface area contributed by atoms with Gasteiger partial charge in [-0.2, -0.15) is 0 Å². The second kappa shape index (κ2) is 7.13. The van der Waals surface area contributed by atoms with Gasteiger partial charge in [-0.15, -0.1) is 0 Å². The molecule has 1 heterocycles. The van der Waals surface area contributed by atoms with Crippen LogP contribution in [0.25, 0.3) is 0 Å². The van der Waals surface area contributed by atoms with Crippen LogP contribution in [0.15, 0.2) is 42.5 Å². The number of nitrogens with zero attached hydrogens (tertiary/aromatic N) is 2. The molecule has 2 aromatic rings. The van der Waals surface area contributed by atoms with Crippen LogP contribution in [0.3, 0.4) is 0 Å². The summed E-state index contributed by atoms with van der Waals surface area (Å²) in [6.07, 6.45) is 1.43. The second-order valence-electron chi connectivity index (χ2n) is 7.00. The van der Waals surface area contributed by atoms with Crippen molar-refractivity contribution in [1.29, 1.82) is 0 Å². The number of anilines is 2. The number of fused-ring (bicyclic) bond motifs is 1. The first kappa shape index (κ1) is 17.1. The fourth-order valence-corrected chi connectivity index (χ4v) is 4.95. The molecule has 2 atom stereocenters. The van der Waals surface area contributed by atoms with Gasteiger partial charge in [-0.05, 0) is 58.3 Å². The summed E-state index contributed by atoms with van der Waals surface area (Å²) < 4.78 is 1.27. The van der Waals surface area contributed by atoms with E-state index >= 15 is 0 Å². The number of rotatable bonds is 2. The van der Waals surface area contributed by atoms with Gasteiger partial charge < -0.3 is 15.7 Å². The Balaban J connectivity index is 1.45. The van der Waals surface area contributed by atoms with Crippen molar-refractivity contribution in [3.8, 4) is 0 Å². The summed E-state index contributed by atoms with van der Waals surface area (Å²) in [7, 11) is 0. The Bertz CT molecular complexity index is 758. The Morgan fingerprint density at radius 2 is 1.72 bits per heavy atom. The molecule has 0 radical (unpaired) electrons. The summed E-state index contributed by atoms with van der Waals surface area (Å²) in [6.45, 7) is 3.85. The fraction of sp³-hybridized carbons (Fsp3) is 0.400. The van der Waals surface area contributed by atoms with Crippen LogP contribution in [-0.4, -0.2) is 48.3 Å². The molecule has 0 aromatic heterocycles. The third-order valence-corrected chi connectivity index (χ3v) is 6.57. The molecule has 0 amide bonds. The molecule has 1 fully saturated rings. The van der Waals surface area contributed by atoms with E-state index in [1.807, 2.05) is 18.2 Å². The highest BCUT2D eigenvalue weighted by Gasteiger charge is 2.34. The molecule has 2 aromatic carbocycles. The predicted octanol–water partition coefficient (Wildman–Crippen LogP) is 2.52. The van der Waals surface area contributed by atoms with E-state index in [1.165, 1.54) is 14.7 Å². The molecule has 1 aliphatic carbocycles. The minimum absolute atomic E-state index is 0.223. The standard InChI is InChI=1S/C20H24IN3O/c21-16-5-3-4-14-12-19(20(25)13-15(14)16)24-10-8-23(9-11-24)18-7-2-1-6-17(18)22/h1-7,19-20,25H,8-13,22H2/t19-,20-/m0/s1. The first-order valence-electron chi connectivity index (χ1n) is 8.91. The summed E-state index contributed by atoms with van der Waals surface area (Å²) in [5, 5.41) is 10.7. The summed E-state index contributed by atoms with van der Waals surface area (Å²) in [4.78, 5) is 4.82. The number of aliphatic hydroxyl groups is 1. The second-order valence-corrected chi connectivity index (χ2v) is 8.16. The van der Waals surface area contributed by atoms with Gasteiger partial charge in [-0.3, -0.25) is 4.90 Å². The number of benzene rings is 2. The zero-order valence-electron chi connectivity index (χ0n) is 14.2. The van der Waals surface area contributed by atoms with Gasteiger partial charge in [0.15, 0.2) is 0 Å². The lowest BCUT2D eigenvalue weighted by Gasteiger charge is -2.44. The van der Waals surface area contributed by atoms with E-state index in [4.69, 9.17) is 5.73 Å². The van der Waals surface area contributed by atoms with Crippen LogP contribution >= 0.6 is 22.6 Å². The Kier molecular flexibility index (Phi) is 4.88. The first-order chi connectivity index (χ1) is 12.1. The zero-order chi connectivity index (χ0) is 17.4. The van der Waals surface area contributed by atoms with E-state index < -0.39 is 0 Å². The molecule has 0 bridgehead atoms. The fourth-order valence-electron chi connectivity index (χ4n) is 4.17. The minimum atomic E-state index is -0.281. The Morgan fingerprint density at radius 3 is 2.48 bits per heavy atom. The summed E-state index contributed by atoms with van der Waals surface area (Å²) >= 11 is 2.38. The van der Waals surface area contributed by atoms with E-state index in [9.17, 15) is 5.11 Å². The van der Waals surface area contributed by atoms with E-state index in [-0.39, 0.29) is 12.1 Å². The first-order valence-corrected chi connectivity index (χ1v) is 9.99. The lowest BCUT2D eigenvalue weighted by Crippen LogP contribution is -2.56. The van der Waals surface area contributed by atoms with Crippen LogP contribution in [0.5, 0.6) is 0 Å². The molecular weight excluding hydrogens is 425 g/mol. The molecule has 0 saturated carbocycles. The number of nitrogens with two attached hydrogens (primary N) is 1.